The zero-order valence-corrected chi connectivity index (χ0v) is 42.3. The number of carbonyl (C=O) groups excluding carboxylic acids is 2. The van der Waals surface area contributed by atoms with Gasteiger partial charge < -0.3 is 51.1 Å². The van der Waals surface area contributed by atoms with E-state index in [4.69, 9.17) is 108 Å². The summed E-state index contributed by atoms with van der Waals surface area (Å²) in [5, 5.41) is 22.1. The van der Waals surface area contributed by atoms with Crippen molar-refractivity contribution < 1.29 is 49.1 Å². The molecule has 22 nitrogen and oxygen atoms in total. The van der Waals surface area contributed by atoms with E-state index >= 15 is 0 Å². The van der Waals surface area contributed by atoms with E-state index in [2.05, 4.69) is 79.6 Å². The van der Waals surface area contributed by atoms with Gasteiger partial charge >= 0.3 is 30.2 Å². The second kappa shape index (κ2) is 25.2. The molecule has 5 heterocycles. The Kier molecular flexibility index (Phi) is 19.0. The molecule has 9 rings (SSSR count). The summed E-state index contributed by atoms with van der Waals surface area (Å²) in [6.45, 7) is 40.4. The third-order valence-electron chi connectivity index (χ3n) is 9.62. The number of nitrogen functional groups attached to an aromatic ring is 2. The van der Waals surface area contributed by atoms with Crippen LogP contribution in [0.1, 0.15) is 28.1 Å². The fourth-order valence-electron chi connectivity index (χ4n) is 5.88. The van der Waals surface area contributed by atoms with Gasteiger partial charge in [0.15, 0.2) is 28.8 Å². The number of anilines is 6. The number of nitrogens with two attached hydrogens (primary N) is 2. The molecule has 406 valence electrons. The van der Waals surface area contributed by atoms with E-state index in [1.54, 1.807) is 12.1 Å². The molecule has 0 unspecified atom stereocenters. The normalized spacial score (nSPS) is 12.1. The maximum absolute atomic E-state index is 12.7. The average molecular weight is 1200 g/mol. The molecule has 0 saturated carbocycles. The predicted molar refractivity (Wildman–Crippen MR) is 273 cm³/mol. The number of rotatable bonds is 0. The zero-order valence-electron chi connectivity index (χ0n) is 39.2. The highest BCUT2D eigenvalue weighted by Crippen LogP contribution is 2.41. The largest absolute Gasteiger partial charge is 0.416 e. The van der Waals surface area contributed by atoms with E-state index in [0.717, 1.165) is 42.5 Å². The van der Waals surface area contributed by atoms with Gasteiger partial charge in [-0.15, -0.1) is 9.97 Å². The number of hydrogen-bond acceptors (Lipinski definition) is 16. The lowest BCUT2D eigenvalue weighted by Gasteiger charge is -2.20. The van der Waals surface area contributed by atoms with E-state index in [9.17, 15) is 49.1 Å². The van der Waals surface area contributed by atoms with Crippen LogP contribution in [0.3, 0.4) is 0 Å². The molecule has 7 aromatic rings. The number of nitrogens with zero attached hydrogens (tertiary/aromatic N) is 16. The molecule has 1 aliphatic heterocycles. The molecule has 82 heavy (non-hydrogen) atoms. The number of nitrogens with one attached hydrogen (secondary N) is 2. The van der Waals surface area contributed by atoms with Gasteiger partial charge in [0, 0.05) is 0 Å². The molecule has 0 bridgehead atoms. The number of hydrogen-bond donors (Lipinski definition) is 4. The van der Waals surface area contributed by atoms with Crippen LogP contribution in [0.25, 0.3) is 51.4 Å². The number of allylic oxidation sites excluding steroid dienone is 2. The Bertz CT molecular complexity index is 4180. The maximum atomic E-state index is 12.7. The number of aromatic nitrogens is 8. The number of fused-ring (bicyclic) bond motifs is 4. The van der Waals surface area contributed by atoms with E-state index in [-0.39, 0.29) is 96.0 Å². The summed E-state index contributed by atoms with van der Waals surface area (Å²) < 4.78 is 112. The van der Waals surface area contributed by atoms with Crippen LogP contribution in [0.2, 0.25) is 10.3 Å². The number of carbonyl (C=O) groups is 2. The minimum absolute atomic E-state index is 0.00351. The van der Waals surface area contributed by atoms with Crippen molar-refractivity contribution in [2.75, 3.05) is 22.1 Å². The number of benzene rings is 3. The number of ketones is 2. The molecular formula is C47H15Cl4F9N20O2. The summed E-state index contributed by atoms with van der Waals surface area (Å²) in [6, 6.07) is 12.3. The molecule has 0 fully saturated rings. The Morgan fingerprint density at radius 3 is 1.35 bits per heavy atom. The van der Waals surface area contributed by atoms with Gasteiger partial charge in [-0.1, -0.05) is 59.5 Å². The Morgan fingerprint density at radius 1 is 0.463 bits per heavy atom. The van der Waals surface area contributed by atoms with Crippen LogP contribution >= 0.6 is 46.4 Å². The topological polar surface area (TPSA) is 287 Å². The standard InChI is InChI=1S/C13H5F3N6.C13H3F3N6.C8Cl2N2O2.C7H7F3N2.C6Cl2N4/c2*1-18-10-9(5-17)21-11-12(22-10)20-8-4-6(13(14,15)16)2-3-7(8)19-11;1-11-5-6(12-2)8(14)4(10)3(9)7(5)13;8-7(9,10)4-1-2-5(11)6(12)3-4;1-9-5-6(10-2)12-4(8)3(7)11-5/h2-4H,(H,19,21)(H,20,22);2-4H;;1-3H,11-12H2;. The first-order valence-corrected chi connectivity index (χ1v) is 22.1. The number of nitriles is 2. The molecule has 4 aromatic heterocycles. The van der Waals surface area contributed by atoms with Gasteiger partial charge in [0.1, 0.15) is 12.1 Å². The van der Waals surface area contributed by atoms with Gasteiger partial charge in [-0.05, 0) is 77.8 Å². The van der Waals surface area contributed by atoms with Gasteiger partial charge in [0.25, 0.3) is 33.4 Å². The van der Waals surface area contributed by atoms with Gasteiger partial charge in [-0.2, -0.15) is 50.0 Å². The molecule has 35 heteroatoms. The monoisotopic (exact) mass is 1200 g/mol. The van der Waals surface area contributed by atoms with Crippen molar-refractivity contribution in [1.29, 1.82) is 10.5 Å². The van der Waals surface area contributed by atoms with Crippen LogP contribution in [-0.2, 0) is 28.1 Å². The van der Waals surface area contributed by atoms with Crippen LogP contribution in [0.4, 0.5) is 97.2 Å². The predicted octanol–water partition coefficient (Wildman–Crippen LogP) is 13.4. The van der Waals surface area contributed by atoms with Gasteiger partial charge in [0.05, 0.1) is 73.7 Å². The molecule has 3 aromatic carbocycles. The highest BCUT2D eigenvalue weighted by molar-refractivity contribution is 6.59. The van der Waals surface area contributed by atoms with Crippen molar-refractivity contribution in [1.82, 2.24) is 39.9 Å². The average Bonchev–Trinajstić information content (AvgIpc) is 3.50. The first-order valence-electron chi connectivity index (χ1n) is 20.6. The second-order valence-corrected chi connectivity index (χ2v) is 16.2. The van der Waals surface area contributed by atoms with Crippen molar-refractivity contribution in [3.05, 3.63) is 183 Å². The van der Waals surface area contributed by atoms with Gasteiger partial charge in [-0.25, -0.2) is 29.6 Å². The minimum Gasteiger partial charge on any atom is -0.397 e. The summed E-state index contributed by atoms with van der Waals surface area (Å²) in [6.07, 6.45) is -13.3. The molecule has 1 aliphatic carbocycles. The molecule has 0 atom stereocenters. The summed E-state index contributed by atoms with van der Waals surface area (Å²) in [5.74, 6) is -2.22. The van der Waals surface area contributed by atoms with Crippen LogP contribution in [-0.4, -0.2) is 51.4 Å². The lowest BCUT2D eigenvalue weighted by Crippen LogP contribution is -2.16. The Balaban J connectivity index is 0.000000193. The van der Waals surface area contributed by atoms with E-state index in [0.29, 0.717) is 5.69 Å². The van der Waals surface area contributed by atoms with E-state index in [1.807, 2.05) is 0 Å². The van der Waals surface area contributed by atoms with Crippen molar-refractivity contribution in [2.24, 2.45) is 0 Å². The fraction of sp³-hybridized carbons (Fsp3) is 0.0638. The smallest absolute Gasteiger partial charge is 0.397 e. The second-order valence-electron chi connectivity index (χ2n) is 14.7. The highest BCUT2D eigenvalue weighted by atomic mass is 35.5. The Morgan fingerprint density at radius 2 is 0.878 bits per heavy atom. The van der Waals surface area contributed by atoms with Crippen molar-refractivity contribution in [3.8, 4) is 12.1 Å². The van der Waals surface area contributed by atoms with Crippen LogP contribution in [0.15, 0.2) is 76.1 Å². The fourth-order valence-corrected chi connectivity index (χ4v) is 6.47. The van der Waals surface area contributed by atoms with Crippen LogP contribution in [0.5, 0.6) is 0 Å². The van der Waals surface area contributed by atoms with Crippen molar-refractivity contribution in [2.45, 2.75) is 18.5 Å². The Labute approximate surface area is 471 Å². The maximum Gasteiger partial charge on any atom is 0.416 e. The molecule has 6 N–H and O–H groups in total. The summed E-state index contributed by atoms with van der Waals surface area (Å²) in [5.41, 5.74) is 7.20. The molecule has 2 aliphatic rings. The Hall–Kier alpha value is -11.0. The molecule has 0 amide bonds. The quantitative estimate of drug-likeness (QED) is 0.0361. The zero-order chi connectivity index (χ0) is 61.2. The lowest BCUT2D eigenvalue weighted by atomic mass is 10.1. The third kappa shape index (κ3) is 14.2. The van der Waals surface area contributed by atoms with Crippen LogP contribution in [0, 0.1) is 62.1 Å². The van der Waals surface area contributed by atoms with Crippen molar-refractivity contribution in [3.63, 3.8) is 0 Å². The summed E-state index contributed by atoms with van der Waals surface area (Å²) in [4.78, 5) is 70.7. The number of alkyl halides is 9. The SMILES string of the molecule is Nc1ccc(C(F)(F)F)cc1N.[C-]#[N+]C1=C([N+]#[C-])C(=O)C(Cl)=C(Cl)C1=O.[C-]#[N+]c1nc(Cl)c(Cl)nc1[N+]#[C-].[C-]#[N+]c1nc2c(nc1C#N)Nc1ccc(C(F)(F)F)cc1N2.[C-]#[N+]c1nc2nc3cc(C(F)(F)F)ccc3nc2nc1C#N. The molecule has 0 radical (unpaired) electrons. The molecule has 0 spiro atoms. The first-order chi connectivity index (χ1) is 38.5. The van der Waals surface area contributed by atoms with E-state index in [1.165, 1.54) is 12.1 Å². The van der Waals surface area contributed by atoms with Crippen molar-refractivity contribution >= 4 is 138 Å². The molecule has 0 saturated heterocycles. The molecular weight excluding hydrogens is 1190 g/mol. The van der Waals surface area contributed by atoms with E-state index < -0.39 is 68.2 Å². The third-order valence-corrected chi connectivity index (χ3v) is 11.1. The summed E-state index contributed by atoms with van der Waals surface area (Å²) >= 11 is 21.7. The number of Topliss-reactive ketones (excluding diaryl/α,β-unsaturated/α-hetero) is 2. The van der Waals surface area contributed by atoms with Crippen LogP contribution < -0.4 is 22.1 Å². The van der Waals surface area contributed by atoms with Gasteiger partial charge in [0.2, 0.25) is 17.0 Å². The highest BCUT2D eigenvalue weighted by Gasteiger charge is 2.36. The van der Waals surface area contributed by atoms with Gasteiger partial charge in [-0.3, -0.25) is 0 Å². The summed E-state index contributed by atoms with van der Waals surface area (Å²) in [7, 11) is 0. The minimum atomic E-state index is -4.50. The number of halogens is 13. The lowest BCUT2D eigenvalue weighted by molar-refractivity contribution is -0.138. The first kappa shape index (κ1) is 61.8.